The van der Waals surface area contributed by atoms with Gasteiger partial charge in [-0.15, -0.1) is 0 Å². The van der Waals surface area contributed by atoms with Crippen LogP contribution < -0.4 is 9.80 Å². The molecule has 15 aromatic rings. The van der Waals surface area contributed by atoms with Gasteiger partial charge < -0.3 is 18.9 Å². The summed E-state index contributed by atoms with van der Waals surface area (Å²) in [6.45, 7) is 0. The van der Waals surface area contributed by atoms with Gasteiger partial charge in [-0.2, -0.15) is 0 Å². The second-order valence-electron chi connectivity index (χ2n) is 20.5. The average molecular weight is 1030 g/mol. The summed E-state index contributed by atoms with van der Waals surface area (Å²) in [6, 6.07) is 101. The third-order valence-electron chi connectivity index (χ3n) is 15.7. The van der Waals surface area contributed by atoms with Crippen LogP contribution in [-0.4, -0.2) is 9.13 Å². The van der Waals surface area contributed by atoms with Crippen molar-refractivity contribution >= 4 is 99.3 Å². The Morgan fingerprint density at radius 1 is 0.225 bits per heavy atom. The van der Waals surface area contributed by atoms with Crippen LogP contribution in [0, 0.1) is 11.6 Å². The smallest absolute Gasteiger partial charge is 0.123 e. The van der Waals surface area contributed by atoms with Crippen molar-refractivity contribution in [1.29, 1.82) is 0 Å². The predicted octanol–water partition coefficient (Wildman–Crippen LogP) is 20.7. The molecule has 0 atom stereocenters. The highest BCUT2D eigenvalue weighted by Crippen LogP contribution is 2.44. The van der Waals surface area contributed by atoms with Gasteiger partial charge in [-0.1, -0.05) is 140 Å². The number of anilines is 6. The highest BCUT2D eigenvalue weighted by atomic mass is 19.1. The molecule has 0 amide bonds. The Morgan fingerprint density at radius 3 is 1.12 bits per heavy atom. The van der Waals surface area contributed by atoms with E-state index in [0.717, 1.165) is 122 Å². The summed E-state index contributed by atoms with van der Waals surface area (Å²) in [5, 5.41) is 9.15. The molecule has 0 radical (unpaired) electrons. The highest BCUT2D eigenvalue weighted by Gasteiger charge is 2.21. The molecular formula is C74H48F2N4. The minimum atomic E-state index is -0.260. The largest absolute Gasteiger partial charge is 0.310 e. The van der Waals surface area contributed by atoms with Gasteiger partial charge in [0.2, 0.25) is 0 Å². The predicted molar refractivity (Wildman–Crippen MR) is 330 cm³/mol. The summed E-state index contributed by atoms with van der Waals surface area (Å²) in [5.41, 5.74) is 16.7. The number of halogens is 2. The molecule has 0 spiro atoms. The first-order valence-corrected chi connectivity index (χ1v) is 26.9. The molecule has 13 aromatic carbocycles. The molecule has 0 N–H and O–H groups in total. The van der Waals surface area contributed by atoms with E-state index in [2.05, 4.69) is 262 Å². The monoisotopic (exact) mass is 1030 g/mol. The molecule has 0 aliphatic carbocycles. The van der Waals surface area contributed by atoms with Crippen molar-refractivity contribution < 1.29 is 8.78 Å². The van der Waals surface area contributed by atoms with Crippen LogP contribution in [0.4, 0.5) is 42.9 Å². The van der Waals surface area contributed by atoms with Gasteiger partial charge in [0.1, 0.15) is 11.6 Å². The molecule has 6 heteroatoms. The third-order valence-corrected chi connectivity index (χ3v) is 15.7. The summed E-state index contributed by atoms with van der Waals surface area (Å²) in [6.07, 6.45) is 0. The van der Waals surface area contributed by atoms with Crippen molar-refractivity contribution in [3.05, 3.63) is 303 Å². The number of hydrogen-bond donors (Lipinski definition) is 0. The molecule has 15 rings (SSSR count). The molecule has 4 nitrogen and oxygen atoms in total. The number of para-hydroxylation sites is 2. The van der Waals surface area contributed by atoms with Gasteiger partial charge in [0, 0.05) is 67.0 Å². The maximum absolute atomic E-state index is 14.2. The lowest BCUT2D eigenvalue weighted by atomic mass is 9.98. The van der Waals surface area contributed by atoms with Crippen LogP contribution in [0.15, 0.2) is 291 Å². The number of aromatic nitrogens is 2. The van der Waals surface area contributed by atoms with Crippen LogP contribution >= 0.6 is 0 Å². The van der Waals surface area contributed by atoms with Crippen LogP contribution in [0.25, 0.3) is 98.8 Å². The molecule has 0 saturated carbocycles. The number of hydrogen-bond acceptors (Lipinski definition) is 2. The lowest BCUT2D eigenvalue weighted by Gasteiger charge is -2.27. The summed E-state index contributed by atoms with van der Waals surface area (Å²) in [7, 11) is 0. The van der Waals surface area contributed by atoms with Crippen molar-refractivity contribution in [1.82, 2.24) is 9.13 Å². The van der Waals surface area contributed by atoms with Crippen molar-refractivity contribution in [2.75, 3.05) is 9.80 Å². The quantitative estimate of drug-likeness (QED) is 0.136. The first kappa shape index (κ1) is 46.7. The van der Waals surface area contributed by atoms with Crippen LogP contribution in [0.2, 0.25) is 0 Å². The lowest BCUT2D eigenvalue weighted by molar-refractivity contribution is 0.627. The standard InChI is InChI=1S/C74H48F2N4/c75-57-27-35-60(36-28-57)79-71-21-7-5-19-67(71)69-47-65(39-41-73(69)79)77(63-33-25-49-11-1-3-13-54(49)44-63)59-31-23-51(24-32-59)52-15-9-16-53(43-52)56-17-10-18-62(46-56)78(64-34-26-50-12-2-4-14-55(50)45-64)66-40-42-74-70(48-66)68-20-6-8-22-72(68)80(74)61-37-29-58(76)30-38-61/h1-48H. The van der Waals surface area contributed by atoms with Gasteiger partial charge in [0.05, 0.1) is 22.1 Å². The Labute approximate surface area is 461 Å². The van der Waals surface area contributed by atoms with Crippen molar-refractivity contribution in [3.63, 3.8) is 0 Å². The SMILES string of the molecule is Fc1ccc(-n2c3ccccc3c3cc(N(c4ccc(-c5cccc(-c6cccc(N(c7ccc8ccccc8c7)c7ccc8c(c7)c7ccccc7n8-c7ccc(F)cc7)c6)c5)cc4)c4ccc5ccccc5c4)ccc32)cc1. The van der Waals surface area contributed by atoms with Gasteiger partial charge >= 0.3 is 0 Å². The van der Waals surface area contributed by atoms with Gasteiger partial charge in [0.15, 0.2) is 0 Å². The molecule has 378 valence electrons. The summed E-state index contributed by atoms with van der Waals surface area (Å²) in [5.74, 6) is -0.519. The summed E-state index contributed by atoms with van der Waals surface area (Å²) in [4.78, 5) is 4.69. The Kier molecular flexibility index (Phi) is 11.2. The van der Waals surface area contributed by atoms with E-state index < -0.39 is 0 Å². The number of fused-ring (bicyclic) bond motifs is 8. The second kappa shape index (κ2) is 19.2. The zero-order chi connectivity index (χ0) is 53.3. The maximum Gasteiger partial charge on any atom is 0.123 e. The average Bonchev–Trinajstić information content (AvgIpc) is 4.11. The molecule has 80 heavy (non-hydrogen) atoms. The van der Waals surface area contributed by atoms with Crippen molar-refractivity contribution in [2.45, 2.75) is 0 Å². The Hall–Kier alpha value is -10.6. The first-order valence-electron chi connectivity index (χ1n) is 26.9. The van der Waals surface area contributed by atoms with Gasteiger partial charge in [-0.3, -0.25) is 0 Å². The zero-order valence-electron chi connectivity index (χ0n) is 43.3. The molecule has 2 heterocycles. The lowest BCUT2D eigenvalue weighted by Crippen LogP contribution is -2.10. The van der Waals surface area contributed by atoms with Crippen LogP contribution in [-0.2, 0) is 0 Å². The second-order valence-corrected chi connectivity index (χ2v) is 20.5. The molecule has 0 bridgehead atoms. The van der Waals surface area contributed by atoms with Gasteiger partial charge in [-0.05, 0) is 195 Å². The molecule has 0 aliphatic rings. The van der Waals surface area contributed by atoms with E-state index in [0.29, 0.717) is 0 Å². The molecule has 2 aromatic heterocycles. The highest BCUT2D eigenvalue weighted by molar-refractivity contribution is 6.12. The van der Waals surface area contributed by atoms with E-state index in [9.17, 15) is 8.78 Å². The van der Waals surface area contributed by atoms with Crippen molar-refractivity contribution in [3.8, 4) is 33.6 Å². The van der Waals surface area contributed by atoms with Gasteiger partial charge in [0.25, 0.3) is 0 Å². The fourth-order valence-corrected chi connectivity index (χ4v) is 12.0. The van der Waals surface area contributed by atoms with E-state index in [4.69, 9.17) is 0 Å². The van der Waals surface area contributed by atoms with E-state index in [1.54, 1.807) is 0 Å². The maximum atomic E-state index is 14.2. The number of nitrogens with zero attached hydrogens (tertiary/aromatic N) is 4. The minimum absolute atomic E-state index is 0.259. The molecule has 0 fully saturated rings. The fourth-order valence-electron chi connectivity index (χ4n) is 12.0. The van der Waals surface area contributed by atoms with Crippen LogP contribution in [0.5, 0.6) is 0 Å². The van der Waals surface area contributed by atoms with Gasteiger partial charge in [-0.25, -0.2) is 8.78 Å². The Bertz CT molecular complexity index is 4860. The first-order chi connectivity index (χ1) is 39.5. The summed E-state index contributed by atoms with van der Waals surface area (Å²) >= 11 is 0. The minimum Gasteiger partial charge on any atom is -0.310 e. The third kappa shape index (κ3) is 8.12. The Morgan fingerprint density at radius 2 is 0.600 bits per heavy atom. The van der Waals surface area contributed by atoms with E-state index in [-0.39, 0.29) is 11.6 Å². The number of rotatable bonds is 10. The van der Waals surface area contributed by atoms with E-state index in [1.807, 2.05) is 24.3 Å². The van der Waals surface area contributed by atoms with Crippen LogP contribution in [0.1, 0.15) is 0 Å². The zero-order valence-corrected chi connectivity index (χ0v) is 43.3. The fraction of sp³-hybridized carbons (Fsp3) is 0. The van der Waals surface area contributed by atoms with Crippen LogP contribution in [0.3, 0.4) is 0 Å². The molecule has 0 aliphatic heterocycles. The molecule has 0 saturated heterocycles. The molecule has 0 unspecified atom stereocenters. The summed E-state index contributed by atoms with van der Waals surface area (Å²) < 4.78 is 32.8. The number of benzene rings is 13. The van der Waals surface area contributed by atoms with E-state index >= 15 is 0 Å². The molecular weight excluding hydrogens is 983 g/mol. The normalized spacial score (nSPS) is 11.6. The van der Waals surface area contributed by atoms with E-state index in [1.165, 1.54) is 35.0 Å². The van der Waals surface area contributed by atoms with Crippen molar-refractivity contribution in [2.24, 2.45) is 0 Å². The Balaban J connectivity index is 0.807. The topological polar surface area (TPSA) is 16.3 Å².